The molecular weight excluding hydrogens is 292 g/mol. The van der Waals surface area contributed by atoms with Crippen molar-refractivity contribution in [2.75, 3.05) is 6.54 Å². The van der Waals surface area contributed by atoms with Crippen LogP contribution < -0.4 is 5.32 Å². The van der Waals surface area contributed by atoms with Crippen molar-refractivity contribution in [3.05, 3.63) is 24.2 Å². The molecule has 3 atom stereocenters. The lowest BCUT2D eigenvalue weighted by atomic mass is 10.1. The third-order valence-electron chi connectivity index (χ3n) is 4.14. The number of hydrogen-bond acceptors (Lipinski definition) is 4. The van der Waals surface area contributed by atoms with Gasteiger partial charge in [-0.15, -0.1) is 0 Å². The molecule has 1 aliphatic heterocycles. The Labute approximate surface area is 139 Å². The van der Waals surface area contributed by atoms with E-state index in [4.69, 9.17) is 9.15 Å². The Hall–Kier alpha value is -1.49. The summed E-state index contributed by atoms with van der Waals surface area (Å²) in [7, 11) is 0. The summed E-state index contributed by atoms with van der Waals surface area (Å²) in [5, 5.41) is 3.54. The first-order valence-electron chi connectivity index (χ1n) is 8.55. The third kappa shape index (κ3) is 5.27. The number of carbonyl (C=O) groups is 1. The lowest BCUT2D eigenvalue weighted by Gasteiger charge is -2.30. The summed E-state index contributed by atoms with van der Waals surface area (Å²) < 4.78 is 11.0. The number of hydrogen-bond donors (Lipinski definition) is 1. The molecule has 1 fully saturated rings. The molecule has 0 saturated carbocycles. The minimum atomic E-state index is -0.443. The zero-order chi connectivity index (χ0) is 17.0. The first-order chi connectivity index (χ1) is 10.8. The molecule has 5 nitrogen and oxygen atoms in total. The fourth-order valence-corrected chi connectivity index (χ4v) is 3.16. The van der Waals surface area contributed by atoms with Gasteiger partial charge in [0.2, 0.25) is 0 Å². The molecule has 2 rings (SSSR count). The predicted molar refractivity (Wildman–Crippen MR) is 90.3 cm³/mol. The molecule has 1 N–H and O–H groups in total. The van der Waals surface area contributed by atoms with E-state index in [-0.39, 0.29) is 18.2 Å². The van der Waals surface area contributed by atoms with Gasteiger partial charge >= 0.3 is 6.09 Å². The van der Waals surface area contributed by atoms with Crippen molar-refractivity contribution in [2.45, 2.75) is 77.6 Å². The van der Waals surface area contributed by atoms with E-state index < -0.39 is 5.60 Å². The Morgan fingerprint density at radius 1 is 1.48 bits per heavy atom. The zero-order valence-electron chi connectivity index (χ0n) is 15.0. The molecule has 1 saturated heterocycles. The second-order valence-corrected chi connectivity index (χ2v) is 7.51. The molecule has 130 valence electrons. The van der Waals surface area contributed by atoms with Gasteiger partial charge in [0, 0.05) is 18.6 Å². The van der Waals surface area contributed by atoms with Crippen LogP contribution in [-0.4, -0.2) is 35.2 Å². The van der Waals surface area contributed by atoms with Crippen LogP contribution in [0.3, 0.4) is 0 Å². The van der Waals surface area contributed by atoms with Crippen LogP contribution in [0.4, 0.5) is 4.79 Å². The van der Waals surface area contributed by atoms with Gasteiger partial charge in [-0.05, 0) is 66.0 Å². The summed E-state index contributed by atoms with van der Waals surface area (Å²) in [5.74, 6) is 0.937. The fourth-order valence-electron chi connectivity index (χ4n) is 3.16. The standard InChI is InChI=1S/C18H30N2O3/c1-13(19-14(2)16-9-7-11-22-16)12-15-8-6-10-20(15)17(21)23-18(3,4)5/h7,9,11,13-15,19H,6,8,10,12H2,1-5H3/t13?,14-,15?/m1/s1. The molecule has 1 amide bonds. The normalized spacial score (nSPS) is 21.3. The number of nitrogens with one attached hydrogen (secondary N) is 1. The Morgan fingerprint density at radius 3 is 2.83 bits per heavy atom. The van der Waals surface area contributed by atoms with E-state index in [1.54, 1.807) is 6.26 Å². The van der Waals surface area contributed by atoms with Crippen molar-refractivity contribution in [2.24, 2.45) is 0 Å². The highest BCUT2D eigenvalue weighted by atomic mass is 16.6. The van der Waals surface area contributed by atoms with E-state index in [1.807, 2.05) is 37.8 Å². The maximum Gasteiger partial charge on any atom is 0.410 e. The van der Waals surface area contributed by atoms with E-state index in [0.717, 1.165) is 31.6 Å². The van der Waals surface area contributed by atoms with Crippen molar-refractivity contribution in [3.8, 4) is 0 Å². The second-order valence-electron chi connectivity index (χ2n) is 7.51. The number of carbonyl (C=O) groups excluding carboxylic acids is 1. The van der Waals surface area contributed by atoms with Crippen LogP contribution in [0.1, 0.15) is 65.7 Å². The average molecular weight is 322 g/mol. The topological polar surface area (TPSA) is 54.7 Å². The van der Waals surface area contributed by atoms with Crippen LogP contribution in [0.25, 0.3) is 0 Å². The Bertz CT molecular complexity index is 493. The van der Waals surface area contributed by atoms with Gasteiger partial charge in [0.25, 0.3) is 0 Å². The van der Waals surface area contributed by atoms with Crippen LogP contribution in [0.5, 0.6) is 0 Å². The zero-order valence-corrected chi connectivity index (χ0v) is 15.0. The Balaban J connectivity index is 1.86. The highest BCUT2D eigenvalue weighted by Crippen LogP contribution is 2.25. The molecule has 2 heterocycles. The van der Waals surface area contributed by atoms with Crippen molar-refractivity contribution >= 4 is 6.09 Å². The van der Waals surface area contributed by atoms with Crippen molar-refractivity contribution in [1.82, 2.24) is 10.2 Å². The molecule has 0 aliphatic carbocycles. The number of rotatable bonds is 5. The average Bonchev–Trinajstić information content (AvgIpc) is 3.06. The lowest BCUT2D eigenvalue weighted by molar-refractivity contribution is 0.0214. The summed E-state index contributed by atoms with van der Waals surface area (Å²) in [6.45, 7) is 10.8. The van der Waals surface area contributed by atoms with Gasteiger partial charge in [-0.2, -0.15) is 0 Å². The highest BCUT2D eigenvalue weighted by molar-refractivity contribution is 5.68. The van der Waals surface area contributed by atoms with Gasteiger partial charge in [-0.25, -0.2) is 4.79 Å². The van der Waals surface area contributed by atoms with Crippen LogP contribution in [0, 0.1) is 0 Å². The monoisotopic (exact) mass is 322 g/mol. The van der Waals surface area contributed by atoms with Gasteiger partial charge in [0.1, 0.15) is 11.4 Å². The molecule has 5 heteroatoms. The highest BCUT2D eigenvalue weighted by Gasteiger charge is 2.33. The third-order valence-corrected chi connectivity index (χ3v) is 4.14. The SMILES string of the molecule is CC(CC1CCCN1C(=O)OC(C)(C)C)N[C@H](C)c1ccco1. The summed E-state index contributed by atoms with van der Waals surface area (Å²) in [6.07, 6.45) is 4.51. The molecule has 1 aromatic heterocycles. The van der Waals surface area contributed by atoms with Crippen LogP contribution in [0.2, 0.25) is 0 Å². The molecule has 0 radical (unpaired) electrons. The van der Waals surface area contributed by atoms with E-state index in [9.17, 15) is 4.79 Å². The number of furan rings is 1. The van der Waals surface area contributed by atoms with E-state index in [2.05, 4.69) is 19.2 Å². The number of ether oxygens (including phenoxy) is 1. The van der Waals surface area contributed by atoms with E-state index in [0.29, 0.717) is 6.04 Å². The fraction of sp³-hybridized carbons (Fsp3) is 0.722. The van der Waals surface area contributed by atoms with Gasteiger partial charge in [-0.1, -0.05) is 0 Å². The van der Waals surface area contributed by atoms with Crippen LogP contribution in [-0.2, 0) is 4.74 Å². The molecular formula is C18H30N2O3. The van der Waals surface area contributed by atoms with Gasteiger partial charge in [0.15, 0.2) is 0 Å². The maximum absolute atomic E-state index is 12.3. The van der Waals surface area contributed by atoms with Crippen molar-refractivity contribution in [3.63, 3.8) is 0 Å². The summed E-state index contributed by atoms with van der Waals surface area (Å²) in [4.78, 5) is 14.2. The molecule has 0 spiro atoms. The molecule has 0 bridgehead atoms. The number of nitrogens with zero attached hydrogens (tertiary/aromatic N) is 1. The predicted octanol–water partition coefficient (Wildman–Crippen LogP) is 4.11. The summed E-state index contributed by atoms with van der Waals surface area (Å²) in [6, 6.07) is 4.59. The Morgan fingerprint density at radius 2 is 2.22 bits per heavy atom. The van der Waals surface area contributed by atoms with Crippen molar-refractivity contribution in [1.29, 1.82) is 0 Å². The smallest absolute Gasteiger partial charge is 0.410 e. The van der Waals surface area contributed by atoms with Gasteiger partial charge < -0.3 is 19.4 Å². The first-order valence-corrected chi connectivity index (χ1v) is 8.55. The van der Waals surface area contributed by atoms with Crippen LogP contribution >= 0.6 is 0 Å². The first kappa shape index (κ1) is 17.9. The quantitative estimate of drug-likeness (QED) is 0.886. The number of likely N-dealkylation sites (tertiary alicyclic amines) is 1. The minimum Gasteiger partial charge on any atom is -0.468 e. The largest absolute Gasteiger partial charge is 0.468 e. The molecule has 1 aromatic rings. The Kier molecular flexibility index (Phi) is 5.74. The number of amides is 1. The van der Waals surface area contributed by atoms with Crippen LogP contribution in [0.15, 0.2) is 22.8 Å². The minimum absolute atomic E-state index is 0.163. The summed E-state index contributed by atoms with van der Waals surface area (Å²) in [5.41, 5.74) is -0.443. The van der Waals surface area contributed by atoms with Crippen molar-refractivity contribution < 1.29 is 13.9 Å². The summed E-state index contributed by atoms with van der Waals surface area (Å²) >= 11 is 0. The molecule has 2 unspecified atom stereocenters. The molecule has 1 aliphatic rings. The van der Waals surface area contributed by atoms with E-state index >= 15 is 0 Å². The van der Waals surface area contributed by atoms with Gasteiger partial charge in [-0.3, -0.25) is 0 Å². The molecule has 23 heavy (non-hydrogen) atoms. The maximum atomic E-state index is 12.3. The molecule has 0 aromatic carbocycles. The second kappa shape index (κ2) is 7.39. The van der Waals surface area contributed by atoms with Gasteiger partial charge in [0.05, 0.1) is 12.3 Å². The van der Waals surface area contributed by atoms with E-state index in [1.165, 1.54) is 0 Å². The lowest BCUT2D eigenvalue weighted by Crippen LogP contribution is -2.42.